The molecule has 1 unspecified atom stereocenters. The Hall–Kier alpha value is -4.34. The molecule has 0 aliphatic carbocycles. The number of pyridine rings is 1. The van der Waals surface area contributed by atoms with Crippen LogP contribution in [0.3, 0.4) is 0 Å². The number of halogens is 3. The zero-order valence-corrected chi connectivity index (χ0v) is 23.2. The maximum absolute atomic E-state index is 15.4. The summed E-state index contributed by atoms with van der Waals surface area (Å²) in [5.41, 5.74) is 3.24. The second kappa shape index (κ2) is 11.9. The van der Waals surface area contributed by atoms with Crippen molar-refractivity contribution in [3.8, 4) is 17.1 Å². The summed E-state index contributed by atoms with van der Waals surface area (Å²) < 4.78 is 43.0. The molecule has 7 nitrogen and oxygen atoms in total. The minimum absolute atomic E-state index is 0.00509. The van der Waals surface area contributed by atoms with Crippen LogP contribution in [0.25, 0.3) is 22.3 Å². The van der Waals surface area contributed by atoms with Gasteiger partial charge in [0.25, 0.3) is 0 Å². The van der Waals surface area contributed by atoms with Gasteiger partial charge in [0.15, 0.2) is 0 Å². The number of hydrogen-bond donors (Lipinski definition) is 1. The molecule has 0 bridgehead atoms. The first-order valence-electron chi connectivity index (χ1n) is 13.5. The Morgan fingerprint density at radius 2 is 1.93 bits per heavy atom. The monoisotopic (exact) mass is 589 g/mol. The summed E-state index contributed by atoms with van der Waals surface area (Å²) >= 11 is 5.81. The van der Waals surface area contributed by atoms with Gasteiger partial charge in [0, 0.05) is 35.2 Å². The first kappa shape index (κ1) is 27.8. The van der Waals surface area contributed by atoms with Gasteiger partial charge in [0.2, 0.25) is 5.88 Å². The lowest BCUT2D eigenvalue weighted by atomic mass is 10.1. The number of fused-ring (bicyclic) bond motifs is 1. The predicted octanol–water partition coefficient (Wildman–Crippen LogP) is 7.08. The lowest BCUT2D eigenvalue weighted by molar-refractivity contribution is 0.0697. The number of carbonyl (C=O) groups is 1. The van der Waals surface area contributed by atoms with Crippen LogP contribution in [-0.4, -0.2) is 38.3 Å². The SMILES string of the molecule is O=C(O)c1ccc2nc(Cc3ccc(-c4cccc(OCc5ccc(Cl)cc5F)n4)c(F)c3)n(CC3CCCO3)c2c1. The number of nitrogens with zero attached hydrogens (tertiary/aromatic N) is 3. The van der Waals surface area contributed by atoms with Crippen molar-refractivity contribution in [2.75, 3.05) is 6.61 Å². The third-order valence-electron chi connectivity index (χ3n) is 7.27. The number of hydrogen-bond acceptors (Lipinski definition) is 5. The first-order valence-corrected chi connectivity index (χ1v) is 13.9. The molecule has 1 aliphatic heterocycles. The number of ether oxygens (including phenoxy) is 2. The Morgan fingerprint density at radius 1 is 1.05 bits per heavy atom. The van der Waals surface area contributed by atoms with Crippen LogP contribution in [0.2, 0.25) is 5.02 Å². The van der Waals surface area contributed by atoms with Crippen LogP contribution < -0.4 is 4.74 Å². The van der Waals surface area contributed by atoms with E-state index in [4.69, 9.17) is 26.1 Å². The van der Waals surface area contributed by atoms with E-state index in [2.05, 4.69) is 4.98 Å². The maximum atomic E-state index is 15.4. The van der Waals surface area contributed by atoms with Gasteiger partial charge in [-0.3, -0.25) is 0 Å². The summed E-state index contributed by atoms with van der Waals surface area (Å²) in [6.45, 7) is 1.17. The van der Waals surface area contributed by atoms with Crippen LogP contribution >= 0.6 is 11.6 Å². The van der Waals surface area contributed by atoms with Crippen molar-refractivity contribution in [3.05, 3.63) is 112 Å². The van der Waals surface area contributed by atoms with Crippen LogP contribution in [0.4, 0.5) is 8.78 Å². The molecule has 214 valence electrons. The number of rotatable bonds is 9. The highest BCUT2D eigenvalue weighted by Crippen LogP contribution is 2.27. The molecule has 3 aromatic carbocycles. The normalized spacial score (nSPS) is 14.9. The highest BCUT2D eigenvalue weighted by atomic mass is 35.5. The molecule has 1 fully saturated rings. The number of imidazole rings is 1. The third kappa shape index (κ3) is 5.98. The third-order valence-corrected chi connectivity index (χ3v) is 7.51. The molecule has 5 aromatic rings. The van der Waals surface area contributed by atoms with Crippen LogP contribution in [0, 0.1) is 11.6 Å². The van der Waals surface area contributed by atoms with Crippen LogP contribution in [0.5, 0.6) is 5.88 Å². The summed E-state index contributed by atoms with van der Waals surface area (Å²) in [7, 11) is 0. The van der Waals surface area contributed by atoms with E-state index in [-0.39, 0.29) is 24.2 Å². The molecule has 1 aliphatic rings. The lowest BCUT2D eigenvalue weighted by Gasteiger charge is -2.15. The number of aromatic nitrogens is 3. The second-order valence-corrected chi connectivity index (χ2v) is 10.6. The summed E-state index contributed by atoms with van der Waals surface area (Å²) in [4.78, 5) is 20.8. The fraction of sp³-hybridized carbons (Fsp3) is 0.219. The van der Waals surface area contributed by atoms with E-state index in [1.807, 2.05) is 10.6 Å². The van der Waals surface area contributed by atoms with Crippen molar-refractivity contribution in [2.24, 2.45) is 0 Å². The van der Waals surface area contributed by atoms with E-state index >= 15 is 4.39 Å². The first-order chi connectivity index (χ1) is 20.3. The minimum Gasteiger partial charge on any atom is -0.478 e. The van der Waals surface area contributed by atoms with Crippen LogP contribution in [-0.2, 0) is 24.3 Å². The number of carboxylic acids is 1. The molecule has 6 rings (SSSR count). The summed E-state index contributed by atoms with van der Waals surface area (Å²) in [6.07, 6.45) is 2.22. The molecule has 1 N–H and O–H groups in total. The Kier molecular flexibility index (Phi) is 7.86. The molecular weight excluding hydrogens is 564 g/mol. The molecule has 42 heavy (non-hydrogen) atoms. The molecule has 2 aromatic heterocycles. The molecule has 10 heteroatoms. The van der Waals surface area contributed by atoms with Crippen molar-refractivity contribution in [1.29, 1.82) is 0 Å². The summed E-state index contributed by atoms with van der Waals surface area (Å²) in [6, 6.07) is 19.1. The van der Waals surface area contributed by atoms with Gasteiger partial charge in [0.1, 0.15) is 24.1 Å². The summed E-state index contributed by atoms with van der Waals surface area (Å²) in [5, 5.41) is 9.80. The number of benzene rings is 3. The highest BCUT2D eigenvalue weighted by Gasteiger charge is 2.21. The van der Waals surface area contributed by atoms with E-state index in [0.29, 0.717) is 63.8 Å². The Balaban J connectivity index is 1.24. The van der Waals surface area contributed by atoms with Crippen LogP contribution in [0.1, 0.15) is 40.2 Å². The molecule has 0 saturated carbocycles. The topological polar surface area (TPSA) is 86.5 Å². The maximum Gasteiger partial charge on any atom is 0.335 e. The molecule has 1 saturated heterocycles. The predicted molar refractivity (Wildman–Crippen MR) is 154 cm³/mol. The van der Waals surface area contributed by atoms with Gasteiger partial charge in [0.05, 0.1) is 34.9 Å². The van der Waals surface area contributed by atoms with Crippen molar-refractivity contribution in [1.82, 2.24) is 14.5 Å². The van der Waals surface area contributed by atoms with Gasteiger partial charge in [-0.05, 0) is 66.9 Å². The van der Waals surface area contributed by atoms with Crippen molar-refractivity contribution >= 4 is 28.6 Å². The van der Waals surface area contributed by atoms with E-state index < -0.39 is 17.6 Å². The van der Waals surface area contributed by atoms with Gasteiger partial charge in [-0.1, -0.05) is 29.8 Å². The van der Waals surface area contributed by atoms with E-state index in [9.17, 15) is 14.3 Å². The zero-order chi connectivity index (χ0) is 29.2. The van der Waals surface area contributed by atoms with Crippen molar-refractivity contribution in [3.63, 3.8) is 0 Å². The molecular formula is C32H26ClF2N3O4. The molecule has 0 radical (unpaired) electrons. The van der Waals surface area contributed by atoms with Crippen LogP contribution in [0.15, 0.2) is 72.8 Å². The van der Waals surface area contributed by atoms with Gasteiger partial charge in [-0.25, -0.2) is 23.5 Å². The van der Waals surface area contributed by atoms with E-state index in [0.717, 1.165) is 12.8 Å². The summed E-state index contributed by atoms with van der Waals surface area (Å²) in [5.74, 6) is -1.03. The second-order valence-electron chi connectivity index (χ2n) is 10.2. The fourth-order valence-corrected chi connectivity index (χ4v) is 5.29. The molecule has 3 heterocycles. The van der Waals surface area contributed by atoms with E-state index in [1.165, 1.54) is 18.2 Å². The minimum atomic E-state index is -1.01. The Bertz CT molecular complexity index is 1790. The average Bonchev–Trinajstić information content (AvgIpc) is 3.61. The van der Waals surface area contributed by atoms with Crippen molar-refractivity contribution in [2.45, 2.75) is 38.5 Å². The Labute approximate surface area is 245 Å². The smallest absolute Gasteiger partial charge is 0.335 e. The largest absolute Gasteiger partial charge is 0.478 e. The zero-order valence-electron chi connectivity index (χ0n) is 22.4. The van der Waals surface area contributed by atoms with Gasteiger partial charge < -0.3 is 19.1 Å². The molecule has 0 spiro atoms. The number of carboxylic acid groups (broad SMARTS) is 1. The highest BCUT2D eigenvalue weighted by molar-refractivity contribution is 6.30. The average molecular weight is 590 g/mol. The van der Waals surface area contributed by atoms with Gasteiger partial charge >= 0.3 is 5.97 Å². The Morgan fingerprint density at radius 3 is 2.69 bits per heavy atom. The molecule has 0 amide bonds. The van der Waals surface area contributed by atoms with Gasteiger partial charge in [-0.2, -0.15) is 0 Å². The van der Waals surface area contributed by atoms with Gasteiger partial charge in [-0.15, -0.1) is 0 Å². The van der Waals surface area contributed by atoms with E-state index in [1.54, 1.807) is 48.5 Å². The number of aromatic carboxylic acids is 1. The molecule has 1 atom stereocenters. The van der Waals surface area contributed by atoms with Crippen molar-refractivity contribution < 1.29 is 28.2 Å². The quantitative estimate of drug-likeness (QED) is 0.198. The fourth-order valence-electron chi connectivity index (χ4n) is 5.13. The lowest BCUT2D eigenvalue weighted by Crippen LogP contribution is -2.17. The standard InChI is InChI=1S/C32H26ClF2N3O4/c33-22-9-7-21(25(34)16-22)18-42-31-5-1-4-27(37-31)24-10-6-19(13-26(24)35)14-30-36-28-11-8-20(32(39)40)15-29(28)38(30)17-23-3-2-12-41-23/h1,4-11,13,15-16,23H,2-3,12,14,17-18H2,(H,39,40).